The van der Waals surface area contributed by atoms with E-state index in [0.717, 1.165) is 0 Å². The van der Waals surface area contributed by atoms with Crippen molar-refractivity contribution in [3.05, 3.63) is 0 Å². The van der Waals surface area contributed by atoms with Crippen LogP contribution in [0.1, 0.15) is 27.2 Å². The molecule has 0 amide bonds. The number of ether oxygens (including phenoxy) is 1. The van der Waals surface area contributed by atoms with Gasteiger partial charge in [0, 0.05) is 6.42 Å². The van der Waals surface area contributed by atoms with Gasteiger partial charge in [0.2, 0.25) is 0 Å². The van der Waals surface area contributed by atoms with E-state index in [0.29, 0.717) is 6.42 Å². The van der Waals surface area contributed by atoms with Crippen molar-refractivity contribution in [3.63, 3.8) is 0 Å². The lowest BCUT2D eigenvalue weighted by atomic mass is 10.2. The second-order valence-electron chi connectivity index (χ2n) is 6.11. The van der Waals surface area contributed by atoms with Gasteiger partial charge < -0.3 is 9.16 Å². The molecule has 1 aliphatic carbocycles. The van der Waals surface area contributed by atoms with Crippen molar-refractivity contribution in [2.24, 2.45) is 0 Å². The number of epoxide rings is 1. The van der Waals surface area contributed by atoms with Crippen molar-refractivity contribution < 1.29 is 14.0 Å². The summed E-state index contributed by atoms with van der Waals surface area (Å²) in [6.07, 6.45) is 0.539. The fourth-order valence-corrected chi connectivity index (χ4v) is 3.09. The van der Waals surface area contributed by atoms with E-state index in [-0.39, 0.29) is 29.1 Å². The molecule has 0 aromatic rings. The number of carbonyl (C=O) groups is 1. The van der Waals surface area contributed by atoms with Gasteiger partial charge in [-0.25, -0.2) is 0 Å². The lowest BCUT2D eigenvalue weighted by Gasteiger charge is -2.38. The maximum absolute atomic E-state index is 11.4. The van der Waals surface area contributed by atoms with Gasteiger partial charge in [0.1, 0.15) is 12.2 Å². The van der Waals surface area contributed by atoms with Gasteiger partial charge in [0.05, 0.1) is 6.10 Å². The molecule has 3 atom stereocenters. The van der Waals surface area contributed by atoms with Crippen LogP contribution in [-0.4, -0.2) is 32.4 Å². The van der Waals surface area contributed by atoms with E-state index in [1.54, 1.807) is 0 Å². The highest BCUT2D eigenvalue weighted by atomic mass is 28.4. The van der Waals surface area contributed by atoms with Crippen molar-refractivity contribution in [3.8, 4) is 0 Å². The first-order valence-electron chi connectivity index (χ1n) is 5.58. The molecule has 4 heteroatoms. The quantitative estimate of drug-likeness (QED) is 0.537. The Morgan fingerprint density at radius 2 is 2.00 bits per heavy atom. The van der Waals surface area contributed by atoms with Gasteiger partial charge in [-0.1, -0.05) is 20.8 Å². The summed E-state index contributed by atoms with van der Waals surface area (Å²) in [5.74, 6) is 0.226. The number of carbonyl (C=O) groups excluding carboxylic acids is 1. The number of rotatable bonds is 2. The van der Waals surface area contributed by atoms with Crippen LogP contribution in [0.5, 0.6) is 0 Å². The molecule has 3 nitrogen and oxygen atoms in total. The van der Waals surface area contributed by atoms with Crippen LogP contribution >= 0.6 is 0 Å². The van der Waals surface area contributed by atoms with Crippen LogP contribution < -0.4 is 0 Å². The molecule has 2 unspecified atom stereocenters. The lowest BCUT2D eigenvalue weighted by molar-refractivity contribution is -0.121. The highest BCUT2D eigenvalue weighted by Crippen LogP contribution is 2.43. The average Bonchev–Trinajstić information content (AvgIpc) is 2.73. The molecule has 2 rings (SSSR count). The van der Waals surface area contributed by atoms with Gasteiger partial charge >= 0.3 is 0 Å². The maximum Gasteiger partial charge on any atom is 0.192 e. The summed E-state index contributed by atoms with van der Waals surface area (Å²) in [6.45, 7) is 11.1. The van der Waals surface area contributed by atoms with Crippen LogP contribution in [0.2, 0.25) is 18.1 Å². The molecule has 86 valence electrons. The molecule has 15 heavy (non-hydrogen) atoms. The topological polar surface area (TPSA) is 38.8 Å². The molecule has 1 saturated heterocycles. The molecular weight excluding hydrogens is 208 g/mol. The molecule has 0 spiro atoms. The van der Waals surface area contributed by atoms with E-state index in [1.807, 2.05) is 0 Å². The Labute approximate surface area is 92.3 Å². The van der Waals surface area contributed by atoms with Crippen molar-refractivity contribution in [2.45, 2.75) is 63.6 Å². The maximum atomic E-state index is 11.4. The van der Waals surface area contributed by atoms with Crippen LogP contribution in [0.15, 0.2) is 0 Å². The predicted octanol–water partition coefficient (Wildman–Crippen LogP) is 2.12. The largest absolute Gasteiger partial charge is 0.411 e. The van der Waals surface area contributed by atoms with Gasteiger partial charge in [-0.2, -0.15) is 0 Å². The highest BCUT2D eigenvalue weighted by molar-refractivity contribution is 6.74. The molecule has 0 aromatic heterocycles. The van der Waals surface area contributed by atoms with Crippen LogP contribution in [0.25, 0.3) is 0 Å². The number of Topliss-reactive ketones (excluding diaryl/α,β-unsaturated/α-hetero) is 1. The zero-order chi connectivity index (χ0) is 11.4. The molecule has 1 aliphatic heterocycles. The van der Waals surface area contributed by atoms with E-state index in [4.69, 9.17) is 9.16 Å². The Balaban J connectivity index is 2.01. The first-order chi connectivity index (χ1) is 6.72. The fourth-order valence-electron chi connectivity index (χ4n) is 1.76. The van der Waals surface area contributed by atoms with Crippen molar-refractivity contribution >= 4 is 14.1 Å². The van der Waals surface area contributed by atoms with Crippen LogP contribution in [0.4, 0.5) is 0 Å². The third kappa shape index (κ3) is 1.90. The first kappa shape index (κ1) is 11.3. The molecule has 2 fully saturated rings. The second-order valence-corrected chi connectivity index (χ2v) is 10.9. The first-order valence-corrected chi connectivity index (χ1v) is 8.49. The van der Waals surface area contributed by atoms with Gasteiger partial charge in [-0.15, -0.1) is 0 Å². The minimum absolute atomic E-state index is 0.0309. The monoisotopic (exact) mass is 228 g/mol. The van der Waals surface area contributed by atoms with Gasteiger partial charge in [0.25, 0.3) is 0 Å². The molecular formula is C11H20O3Si. The second kappa shape index (κ2) is 3.15. The normalized spacial score (nSPS) is 35.5. The smallest absolute Gasteiger partial charge is 0.192 e. The summed E-state index contributed by atoms with van der Waals surface area (Å²) in [5, 5.41) is 0.197. The molecule has 0 bridgehead atoms. The molecule has 1 saturated carbocycles. The third-order valence-corrected chi connectivity index (χ3v) is 8.37. The Morgan fingerprint density at radius 3 is 2.33 bits per heavy atom. The number of hydrogen-bond donors (Lipinski definition) is 0. The van der Waals surface area contributed by atoms with Crippen LogP contribution in [0, 0.1) is 0 Å². The van der Waals surface area contributed by atoms with Crippen LogP contribution in [-0.2, 0) is 14.0 Å². The standard InChI is InChI=1S/C11H20O3Si/c1-11(2,3)15(4,5)14-8-6-7(12)9-10(8)13-9/h8-10H,6H2,1-5H3/t8?,9-,10?/m0/s1. The Bertz CT molecular complexity index is 293. The van der Waals surface area contributed by atoms with E-state index < -0.39 is 8.32 Å². The van der Waals surface area contributed by atoms with Crippen molar-refractivity contribution in [1.29, 1.82) is 0 Å². The highest BCUT2D eigenvalue weighted by Gasteiger charge is 2.58. The minimum Gasteiger partial charge on any atom is -0.411 e. The third-order valence-electron chi connectivity index (χ3n) is 3.86. The number of hydrogen-bond acceptors (Lipinski definition) is 3. The van der Waals surface area contributed by atoms with Gasteiger partial charge in [-0.05, 0) is 18.1 Å². The van der Waals surface area contributed by atoms with Crippen molar-refractivity contribution in [2.75, 3.05) is 0 Å². The number of fused-ring (bicyclic) bond motifs is 1. The summed E-state index contributed by atoms with van der Waals surface area (Å²) < 4.78 is 11.5. The van der Waals surface area contributed by atoms with Gasteiger partial charge in [-0.3, -0.25) is 4.79 Å². The molecule has 0 aromatic carbocycles. The summed E-state index contributed by atoms with van der Waals surface area (Å²) in [4.78, 5) is 11.4. The lowest BCUT2D eigenvalue weighted by Crippen LogP contribution is -2.44. The van der Waals surface area contributed by atoms with E-state index in [2.05, 4.69) is 33.9 Å². The Kier molecular flexibility index (Phi) is 2.37. The van der Waals surface area contributed by atoms with Crippen molar-refractivity contribution in [1.82, 2.24) is 0 Å². The zero-order valence-corrected chi connectivity index (χ0v) is 11.2. The molecule has 2 aliphatic rings. The van der Waals surface area contributed by atoms with Gasteiger partial charge in [0.15, 0.2) is 14.1 Å². The minimum atomic E-state index is -1.75. The van der Waals surface area contributed by atoms with E-state index in [1.165, 1.54) is 0 Å². The average molecular weight is 228 g/mol. The Hall–Kier alpha value is -0.193. The summed E-state index contributed by atoms with van der Waals surface area (Å²) >= 11 is 0. The molecule has 1 heterocycles. The molecule has 0 N–H and O–H groups in total. The molecule has 0 radical (unpaired) electrons. The predicted molar refractivity (Wildman–Crippen MR) is 60.4 cm³/mol. The SMILES string of the molecule is CC(C)(C)[Si](C)(C)OC1CC(=O)[C@@H]2OC12. The summed E-state index contributed by atoms with van der Waals surface area (Å²) in [5.41, 5.74) is 0. The number of ketones is 1. The summed E-state index contributed by atoms with van der Waals surface area (Å²) in [6, 6.07) is 0. The van der Waals surface area contributed by atoms with Crippen LogP contribution in [0.3, 0.4) is 0 Å². The Morgan fingerprint density at radius 1 is 1.40 bits per heavy atom. The zero-order valence-electron chi connectivity index (χ0n) is 10.2. The summed E-state index contributed by atoms with van der Waals surface area (Å²) in [7, 11) is -1.75. The van der Waals surface area contributed by atoms with E-state index in [9.17, 15) is 4.79 Å². The van der Waals surface area contributed by atoms with E-state index >= 15 is 0 Å². The fraction of sp³-hybridized carbons (Fsp3) is 0.909.